The van der Waals surface area contributed by atoms with Gasteiger partial charge in [-0.1, -0.05) is 6.07 Å². The second-order valence-electron chi connectivity index (χ2n) is 3.18. The Bertz CT molecular complexity index is 338. The highest BCUT2D eigenvalue weighted by atomic mass is 19.1. The van der Waals surface area contributed by atoms with Crippen molar-refractivity contribution in [2.45, 2.75) is 12.3 Å². The van der Waals surface area contributed by atoms with Gasteiger partial charge in [0.25, 0.3) is 0 Å². The standard InChI is InChI=1S/C10H10FNO/c11-8-2-1-3-9-10(8)7(4-5-13)6-12-9/h1-3,5,7,12H,4,6H2. The molecule has 2 rings (SSSR count). The number of hydrogen-bond acceptors (Lipinski definition) is 2. The van der Waals surface area contributed by atoms with Gasteiger partial charge in [-0.05, 0) is 12.1 Å². The molecule has 68 valence electrons. The summed E-state index contributed by atoms with van der Waals surface area (Å²) in [5.74, 6) is -0.206. The molecule has 2 nitrogen and oxygen atoms in total. The zero-order valence-corrected chi connectivity index (χ0v) is 7.09. The lowest BCUT2D eigenvalue weighted by Gasteiger charge is -2.05. The molecule has 3 heteroatoms. The monoisotopic (exact) mass is 179 g/mol. The Balaban J connectivity index is 2.39. The van der Waals surface area contributed by atoms with Crippen molar-refractivity contribution in [3.05, 3.63) is 29.6 Å². The molecule has 1 unspecified atom stereocenters. The minimum absolute atomic E-state index is 0.00806. The lowest BCUT2D eigenvalue weighted by atomic mass is 9.98. The number of anilines is 1. The SMILES string of the molecule is O=CCC1CNc2cccc(F)c21. The Morgan fingerprint density at radius 1 is 1.62 bits per heavy atom. The van der Waals surface area contributed by atoms with Crippen LogP contribution < -0.4 is 5.32 Å². The van der Waals surface area contributed by atoms with Crippen molar-refractivity contribution >= 4 is 12.0 Å². The zero-order valence-electron chi connectivity index (χ0n) is 7.09. The van der Waals surface area contributed by atoms with Gasteiger partial charge in [-0.25, -0.2) is 4.39 Å². The van der Waals surface area contributed by atoms with E-state index in [1.54, 1.807) is 6.07 Å². The van der Waals surface area contributed by atoms with Crippen LogP contribution in [-0.4, -0.2) is 12.8 Å². The van der Waals surface area contributed by atoms with E-state index < -0.39 is 0 Å². The first-order valence-electron chi connectivity index (χ1n) is 4.29. The summed E-state index contributed by atoms with van der Waals surface area (Å²) in [5.41, 5.74) is 1.49. The highest BCUT2D eigenvalue weighted by Gasteiger charge is 2.24. The van der Waals surface area contributed by atoms with Crippen LogP contribution in [0.1, 0.15) is 17.9 Å². The maximum Gasteiger partial charge on any atom is 0.128 e. The molecule has 13 heavy (non-hydrogen) atoms. The van der Waals surface area contributed by atoms with E-state index in [2.05, 4.69) is 5.32 Å². The van der Waals surface area contributed by atoms with E-state index in [1.807, 2.05) is 6.07 Å². The normalized spacial score (nSPS) is 19.3. The molecule has 1 heterocycles. The minimum atomic E-state index is -0.214. The van der Waals surface area contributed by atoms with Crippen molar-refractivity contribution in [2.24, 2.45) is 0 Å². The van der Waals surface area contributed by atoms with Crippen LogP contribution in [0.3, 0.4) is 0 Å². The summed E-state index contributed by atoms with van der Waals surface area (Å²) in [7, 11) is 0. The van der Waals surface area contributed by atoms with Crippen LogP contribution in [-0.2, 0) is 4.79 Å². The number of carbonyl (C=O) groups is 1. The topological polar surface area (TPSA) is 29.1 Å². The van der Waals surface area contributed by atoms with Gasteiger partial charge in [-0.2, -0.15) is 0 Å². The van der Waals surface area contributed by atoms with Crippen LogP contribution in [0.5, 0.6) is 0 Å². The van der Waals surface area contributed by atoms with E-state index >= 15 is 0 Å². The smallest absolute Gasteiger partial charge is 0.128 e. The van der Waals surface area contributed by atoms with Gasteiger partial charge in [-0.15, -0.1) is 0 Å². The van der Waals surface area contributed by atoms with Crippen LogP contribution in [0.4, 0.5) is 10.1 Å². The molecule has 0 aromatic heterocycles. The Morgan fingerprint density at radius 3 is 3.23 bits per heavy atom. The fourth-order valence-electron chi connectivity index (χ4n) is 1.76. The molecule has 0 bridgehead atoms. The number of rotatable bonds is 2. The molecule has 1 aliphatic rings. The summed E-state index contributed by atoms with van der Waals surface area (Å²) in [5, 5.41) is 3.08. The number of aldehydes is 1. The quantitative estimate of drug-likeness (QED) is 0.703. The van der Waals surface area contributed by atoms with E-state index in [-0.39, 0.29) is 11.7 Å². The predicted octanol–water partition coefficient (Wildman–Crippen LogP) is 1.92. The van der Waals surface area contributed by atoms with Gasteiger partial charge < -0.3 is 10.1 Å². The Morgan fingerprint density at radius 2 is 2.46 bits per heavy atom. The molecule has 0 aliphatic carbocycles. The number of benzene rings is 1. The fourth-order valence-corrected chi connectivity index (χ4v) is 1.76. The number of fused-ring (bicyclic) bond motifs is 1. The number of nitrogens with one attached hydrogen (secondary N) is 1. The second-order valence-corrected chi connectivity index (χ2v) is 3.18. The molecular formula is C10H10FNO. The zero-order chi connectivity index (χ0) is 9.26. The molecule has 1 aromatic carbocycles. The van der Waals surface area contributed by atoms with Gasteiger partial charge in [0.1, 0.15) is 12.1 Å². The second kappa shape index (κ2) is 3.17. The van der Waals surface area contributed by atoms with Gasteiger partial charge in [0.05, 0.1) is 0 Å². The summed E-state index contributed by atoms with van der Waals surface area (Å²) in [6.07, 6.45) is 1.23. The molecule has 0 spiro atoms. The first-order chi connectivity index (χ1) is 6.33. The van der Waals surface area contributed by atoms with Crippen LogP contribution in [0, 0.1) is 5.82 Å². The van der Waals surface area contributed by atoms with Gasteiger partial charge in [0, 0.05) is 30.1 Å². The summed E-state index contributed by atoms with van der Waals surface area (Å²) in [6.45, 7) is 0.662. The number of hydrogen-bond donors (Lipinski definition) is 1. The Hall–Kier alpha value is -1.38. The average Bonchev–Trinajstić information content (AvgIpc) is 2.51. The molecule has 0 saturated carbocycles. The third-order valence-corrected chi connectivity index (χ3v) is 2.38. The van der Waals surface area contributed by atoms with Crippen LogP contribution in [0.25, 0.3) is 0 Å². The van der Waals surface area contributed by atoms with Crippen LogP contribution >= 0.6 is 0 Å². The minimum Gasteiger partial charge on any atom is -0.384 e. The van der Waals surface area contributed by atoms with Crippen molar-refractivity contribution in [1.82, 2.24) is 0 Å². The first kappa shape index (κ1) is 8.23. The van der Waals surface area contributed by atoms with Crippen molar-refractivity contribution in [1.29, 1.82) is 0 Å². The van der Waals surface area contributed by atoms with Gasteiger partial charge in [0.2, 0.25) is 0 Å². The molecule has 0 radical (unpaired) electrons. The predicted molar refractivity (Wildman–Crippen MR) is 48.3 cm³/mol. The van der Waals surface area contributed by atoms with Crippen molar-refractivity contribution in [3.63, 3.8) is 0 Å². The largest absolute Gasteiger partial charge is 0.384 e. The maximum atomic E-state index is 13.3. The summed E-state index contributed by atoms with van der Waals surface area (Å²) >= 11 is 0. The van der Waals surface area contributed by atoms with Crippen molar-refractivity contribution in [3.8, 4) is 0 Å². The molecule has 1 N–H and O–H groups in total. The van der Waals surface area contributed by atoms with Crippen molar-refractivity contribution < 1.29 is 9.18 Å². The lowest BCUT2D eigenvalue weighted by molar-refractivity contribution is -0.108. The van der Waals surface area contributed by atoms with Crippen LogP contribution in [0.15, 0.2) is 18.2 Å². The third-order valence-electron chi connectivity index (χ3n) is 2.38. The molecule has 0 saturated heterocycles. The van der Waals surface area contributed by atoms with E-state index in [0.29, 0.717) is 18.5 Å². The van der Waals surface area contributed by atoms with Gasteiger partial charge in [-0.3, -0.25) is 0 Å². The summed E-state index contributed by atoms with van der Waals surface area (Å²) < 4.78 is 13.3. The molecule has 1 aliphatic heterocycles. The Kier molecular flexibility index (Phi) is 2.00. The Labute approximate surface area is 75.8 Å². The average molecular weight is 179 g/mol. The van der Waals surface area contributed by atoms with E-state index in [9.17, 15) is 9.18 Å². The summed E-state index contributed by atoms with van der Waals surface area (Å²) in [6, 6.07) is 4.94. The van der Waals surface area contributed by atoms with Gasteiger partial charge in [0.15, 0.2) is 0 Å². The fraction of sp³-hybridized carbons (Fsp3) is 0.300. The lowest BCUT2D eigenvalue weighted by Crippen LogP contribution is -2.03. The molecular weight excluding hydrogens is 169 g/mol. The molecule has 0 amide bonds. The number of carbonyl (C=O) groups excluding carboxylic acids is 1. The molecule has 1 atom stereocenters. The van der Waals surface area contributed by atoms with E-state index in [4.69, 9.17) is 0 Å². The first-order valence-corrected chi connectivity index (χ1v) is 4.29. The number of halogens is 1. The molecule has 0 fully saturated rings. The van der Waals surface area contributed by atoms with Gasteiger partial charge >= 0.3 is 0 Å². The van der Waals surface area contributed by atoms with Crippen LogP contribution in [0.2, 0.25) is 0 Å². The van der Waals surface area contributed by atoms with E-state index in [0.717, 1.165) is 12.0 Å². The highest BCUT2D eigenvalue weighted by Crippen LogP contribution is 2.34. The molecule has 1 aromatic rings. The van der Waals surface area contributed by atoms with E-state index in [1.165, 1.54) is 6.07 Å². The highest BCUT2D eigenvalue weighted by molar-refractivity contribution is 5.62. The van der Waals surface area contributed by atoms with Crippen molar-refractivity contribution in [2.75, 3.05) is 11.9 Å². The summed E-state index contributed by atoms with van der Waals surface area (Å²) in [4.78, 5) is 10.3. The third kappa shape index (κ3) is 1.30. The maximum absolute atomic E-state index is 13.3.